The van der Waals surface area contributed by atoms with Crippen molar-refractivity contribution >= 4 is 28.2 Å². The van der Waals surface area contributed by atoms with Crippen LogP contribution in [0.2, 0.25) is 0 Å². The van der Waals surface area contributed by atoms with Gasteiger partial charge in [0.2, 0.25) is 0 Å². The standard InChI is InChI=1S/C43H36N2/c1-30-22-24-38(34-15-11-16-35(28-34)39-20-8-9-21-42(39)44)40(26-30)36-17-10-14-32(27-36)33-23-25-43(45-37-18-6-3-7-19-37)41(29-33)31-12-4-2-5-13-31/h2-25,27-30,45H,26,44H2,1H3. The zero-order chi connectivity index (χ0) is 30.6. The summed E-state index contributed by atoms with van der Waals surface area (Å²) >= 11 is 0. The molecule has 0 aromatic heterocycles. The van der Waals surface area contributed by atoms with Crippen LogP contribution in [0.1, 0.15) is 24.5 Å². The van der Waals surface area contributed by atoms with Crippen LogP contribution < -0.4 is 11.1 Å². The van der Waals surface area contributed by atoms with Crippen molar-refractivity contribution in [3.63, 3.8) is 0 Å². The third-order valence-electron chi connectivity index (χ3n) is 8.59. The highest BCUT2D eigenvalue weighted by atomic mass is 14.9. The first kappa shape index (κ1) is 28.2. The lowest BCUT2D eigenvalue weighted by molar-refractivity contribution is 0.751. The first-order valence-corrected chi connectivity index (χ1v) is 15.6. The van der Waals surface area contributed by atoms with Gasteiger partial charge in [-0.2, -0.15) is 0 Å². The molecule has 6 aromatic carbocycles. The van der Waals surface area contributed by atoms with Gasteiger partial charge in [-0.15, -0.1) is 0 Å². The fraction of sp³-hybridized carbons (Fsp3) is 0.0698. The third-order valence-corrected chi connectivity index (χ3v) is 8.59. The summed E-state index contributed by atoms with van der Waals surface area (Å²) in [5.74, 6) is 0.466. The number of benzene rings is 6. The number of hydrogen-bond acceptors (Lipinski definition) is 2. The van der Waals surface area contributed by atoms with E-state index in [4.69, 9.17) is 5.73 Å². The van der Waals surface area contributed by atoms with E-state index in [0.29, 0.717) is 5.92 Å². The molecule has 0 saturated carbocycles. The summed E-state index contributed by atoms with van der Waals surface area (Å²) in [7, 11) is 0. The first-order valence-electron chi connectivity index (χ1n) is 15.6. The molecular weight excluding hydrogens is 544 g/mol. The van der Waals surface area contributed by atoms with Crippen LogP contribution in [0.15, 0.2) is 164 Å². The van der Waals surface area contributed by atoms with E-state index >= 15 is 0 Å². The minimum absolute atomic E-state index is 0.466. The Morgan fingerprint density at radius 3 is 1.96 bits per heavy atom. The summed E-state index contributed by atoms with van der Waals surface area (Å²) in [5, 5.41) is 3.64. The summed E-state index contributed by atoms with van der Waals surface area (Å²) in [4.78, 5) is 0. The van der Waals surface area contributed by atoms with Gasteiger partial charge in [-0.05, 0) is 99.3 Å². The second-order valence-corrected chi connectivity index (χ2v) is 11.8. The molecule has 0 spiro atoms. The topological polar surface area (TPSA) is 38.0 Å². The van der Waals surface area contributed by atoms with Crippen molar-refractivity contribution in [1.29, 1.82) is 0 Å². The highest BCUT2D eigenvalue weighted by Crippen LogP contribution is 2.40. The smallest absolute Gasteiger partial charge is 0.0464 e. The van der Waals surface area contributed by atoms with Gasteiger partial charge in [-0.1, -0.05) is 128 Å². The van der Waals surface area contributed by atoms with Crippen molar-refractivity contribution in [3.8, 4) is 33.4 Å². The normalized spacial score (nSPS) is 14.4. The number of para-hydroxylation sites is 2. The van der Waals surface area contributed by atoms with Crippen LogP contribution in [-0.2, 0) is 0 Å². The quantitative estimate of drug-likeness (QED) is 0.184. The zero-order valence-corrected chi connectivity index (χ0v) is 25.5. The van der Waals surface area contributed by atoms with Crippen LogP contribution in [0.25, 0.3) is 44.5 Å². The van der Waals surface area contributed by atoms with Gasteiger partial charge >= 0.3 is 0 Å². The fourth-order valence-electron chi connectivity index (χ4n) is 6.27. The Bertz CT molecular complexity index is 2020. The number of anilines is 3. The van der Waals surface area contributed by atoms with Crippen molar-refractivity contribution in [2.45, 2.75) is 13.3 Å². The van der Waals surface area contributed by atoms with Gasteiger partial charge in [0.25, 0.3) is 0 Å². The summed E-state index contributed by atoms with van der Waals surface area (Å²) in [6, 6.07) is 53.6. The number of nitrogens with two attached hydrogens (primary N) is 1. The zero-order valence-electron chi connectivity index (χ0n) is 25.5. The predicted octanol–water partition coefficient (Wildman–Crippen LogP) is 11.5. The molecular formula is C43H36N2. The third kappa shape index (κ3) is 6.09. The van der Waals surface area contributed by atoms with Gasteiger partial charge in [0.05, 0.1) is 0 Å². The molecule has 1 atom stereocenters. The number of nitrogens with one attached hydrogen (secondary N) is 1. The molecule has 0 bridgehead atoms. The summed E-state index contributed by atoms with van der Waals surface area (Å²) < 4.78 is 0. The van der Waals surface area contributed by atoms with Crippen LogP contribution >= 0.6 is 0 Å². The maximum Gasteiger partial charge on any atom is 0.0464 e. The van der Waals surface area contributed by atoms with E-state index in [1.54, 1.807) is 0 Å². The van der Waals surface area contributed by atoms with Gasteiger partial charge in [0, 0.05) is 28.2 Å². The van der Waals surface area contributed by atoms with Gasteiger partial charge in [0.1, 0.15) is 0 Å². The number of allylic oxidation sites excluding steroid dienone is 4. The molecule has 3 N–H and O–H groups in total. The molecule has 45 heavy (non-hydrogen) atoms. The van der Waals surface area contributed by atoms with Crippen molar-refractivity contribution in [1.82, 2.24) is 0 Å². The van der Waals surface area contributed by atoms with Crippen molar-refractivity contribution < 1.29 is 0 Å². The highest BCUT2D eigenvalue weighted by Gasteiger charge is 2.18. The Hall–Kier alpha value is -5.60. The Kier molecular flexibility index (Phi) is 7.87. The van der Waals surface area contributed by atoms with Crippen molar-refractivity contribution in [2.75, 3.05) is 11.1 Å². The van der Waals surface area contributed by atoms with Crippen LogP contribution in [0.4, 0.5) is 17.1 Å². The van der Waals surface area contributed by atoms with Gasteiger partial charge in [0.15, 0.2) is 0 Å². The molecule has 0 saturated heterocycles. The average Bonchev–Trinajstić information content (AvgIpc) is 3.09. The molecule has 0 heterocycles. The van der Waals surface area contributed by atoms with E-state index in [1.807, 2.05) is 24.3 Å². The molecule has 218 valence electrons. The van der Waals surface area contributed by atoms with E-state index < -0.39 is 0 Å². The molecule has 2 heteroatoms. The minimum atomic E-state index is 0.466. The summed E-state index contributed by atoms with van der Waals surface area (Å²) in [6.45, 7) is 2.29. The lowest BCUT2D eigenvalue weighted by atomic mass is 9.82. The Morgan fingerprint density at radius 2 is 1.16 bits per heavy atom. The Morgan fingerprint density at radius 1 is 0.533 bits per heavy atom. The predicted molar refractivity (Wildman–Crippen MR) is 193 cm³/mol. The molecule has 1 aliphatic carbocycles. The van der Waals surface area contributed by atoms with Crippen LogP contribution in [0.3, 0.4) is 0 Å². The minimum Gasteiger partial charge on any atom is -0.398 e. The average molecular weight is 581 g/mol. The fourth-order valence-corrected chi connectivity index (χ4v) is 6.27. The van der Waals surface area contributed by atoms with E-state index in [0.717, 1.165) is 34.6 Å². The van der Waals surface area contributed by atoms with Crippen LogP contribution in [0.5, 0.6) is 0 Å². The number of nitrogen functional groups attached to an aromatic ring is 1. The lowest BCUT2D eigenvalue weighted by Gasteiger charge is -2.22. The molecule has 1 aliphatic rings. The molecule has 0 radical (unpaired) electrons. The second-order valence-electron chi connectivity index (χ2n) is 11.8. The SMILES string of the molecule is CC1C=CC(c2cccc(-c3ccccc3N)c2)=C(c2cccc(-c3ccc(Nc4ccccc4)c(-c4ccccc4)c3)c2)C1. The van der Waals surface area contributed by atoms with Gasteiger partial charge in [-0.3, -0.25) is 0 Å². The maximum absolute atomic E-state index is 6.36. The Labute approximate surface area is 266 Å². The van der Waals surface area contributed by atoms with E-state index in [9.17, 15) is 0 Å². The van der Waals surface area contributed by atoms with Crippen LogP contribution in [0, 0.1) is 5.92 Å². The molecule has 1 unspecified atom stereocenters. The molecule has 0 fully saturated rings. The monoisotopic (exact) mass is 580 g/mol. The number of hydrogen-bond donors (Lipinski definition) is 2. The van der Waals surface area contributed by atoms with Crippen molar-refractivity contribution in [3.05, 3.63) is 175 Å². The highest BCUT2D eigenvalue weighted by molar-refractivity contribution is 5.98. The molecule has 0 aliphatic heterocycles. The molecule has 0 amide bonds. The van der Waals surface area contributed by atoms with E-state index in [2.05, 4.69) is 152 Å². The van der Waals surface area contributed by atoms with Gasteiger partial charge in [-0.25, -0.2) is 0 Å². The van der Waals surface area contributed by atoms with Gasteiger partial charge < -0.3 is 11.1 Å². The lowest BCUT2D eigenvalue weighted by Crippen LogP contribution is -2.02. The molecule has 7 rings (SSSR count). The van der Waals surface area contributed by atoms with E-state index in [-0.39, 0.29) is 0 Å². The number of rotatable bonds is 7. The second kappa shape index (κ2) is 12.6. The van der Waals surface area contributed by atoms with Crippen LogP contribution in [-0.4, -0.2) is 0 Å². The summed E-state index contributed by atoms with van der Waals surface area (Å²) in [6.07, 6.45) is 5.63. The maximum atomic E-state index is 6.36. The molecule has 6 aromatic rings. The van der Waals surface area contributed by atoms with E-state index in [1.165, 1.54) is 44.5 Å². The van der Waals surface area contributed by atoms with Crippen molar-refractivity contribution in [2.24, 2.45) is 5.92 Å². The Balaban J connectivity index is 1.30. The summed E-state index contributed by atoms with van der Waals surface area (Å²) in [5.41, 5.74) is 21.4. The molecule has 2 nitrogen and oxygen atoms in total. The largest absolute Gasteiger partial charge is 0.398 e. The first-order chi connectivity index (χ1) is 22.1.